The van der Waals surface area contributed by atoms with Crippen molar-refractivity contribution in [1.29, 1.82) is 15.8 Å². The number of nitriles is 3. The van der Waals surface area contributed by atoms with E-state index in [0.29, 0.717) is 89.2 Å². The van der Waals surface area contributed by atoms with Crippen molar-refractivity contribution < 1.29 is 45.1 Å². The van der Waals surface area contributed by atoms with Crippen molar-refractivity contribution in [3.63, 3.8) is 0 Å². The number of aromatic nitrogens is 3. The lowest BCUT2D eigenvalue weighted by Crippen LogP contribution is -2.46. The van der Waals surface area contributed by atoms with Crippen LogP contribution in [0.3, 0.4) is 0 Å². The minimum atomic E-state index is -4.39. The summed E-state index contributed by atoms with van der Waals surface area (Å²) in [5.74, 6) is 6.19. The van der Waals surface area contributed by atoms with E-state index < -0.39 is 35.1 Å². The number of nitrogens with zero attached hydrogens (tertiary/aromatic N) is 12. The Bertz CT molecular complexity index is 3070. The number of pyridine rings is 2. The van der Waals surface area contributed by atoms with Crippen LogP contribution in [-0.2, 0) is 40.2 Å². The highest BCUT2D eigenvalue weighted by Gasteiger charge is 2.38. The topological polar surface area (TPSA) is 181 Å². The molecule has 6 aliphatic heterocycles. The molecule has 3 atom stereocenters. The van der Waals surface area contributed by atoms with Crippen LogP contribution in [0.4, 0.5) is 30.7 Å². The maximum absolute atomic E-state index is 13.0. The number of alkyl halides is 6. The summed E-state index contributed by atoms with van der Waals surface area (Å²) in [6, 6.07) is 13.4. The Hall–Kier alpha value is -5.80. The normalized spacial score (nSPS) is 20.4. The van der Waals surface area contributed by atoms with Crippen LogP contribution < -0.4 is 0 Å². The molecule has 0 bridgehead atoms. The minimum absolute atomic E-state index is 0.00199. The van der Waals surface area contributed by atoms with Crippen molar-refractivity contribution in [3.8, 4) is 18.2 Å². The molecule has 6 fully saturated rings. The van der Waals surface area contributed by atoms with Crippen LogP contribution in [0.1, 0.15) is 221 Å². The summed E-state index contributed by atoms with van der Waals surface area (Å²) in [4.78, 5) is 59.0. The Labute approximate surface area is 605 Å². The number of hydrogen-bond donors (Lipinski definition) is 0. The Morgan fingerprint density at radius 3 is 1.42 bits per heavy atom. The van der Waals surface area contributed by atoms with Crippen molar-refractivity contribution >= 4 is 29.1 Å². The Kier molecular flexibility index (Phi) is 36.6. The maximum atomic E-state index is 13.0. The average molecular weight is 1440 g/mol. The standard InChI is InChI=1S/C15H21N3.C14H21F3N2S.C14H21FN2.C13H22N2O.C11H18F3NO.C11H18N2O/c1-12(2)13-6-8-18(9-7-13)11-15-5-3-4-14(10-16)17-15;1-13(2,3)10-4-6-19(7-5-10)8-11-9-20-12(18-11)14(15,16)17;1-11(2)13-3-5-17(6-4-13)10-12-7-14(15)9-16-8-12;1-10(2)11-6-5-7-15(8-11)12(16)13(3,4)9-14;1-8(2)9-4-3-5-15(7-9)10(16)6-11(12,13)14;1-9(2)10-4-3-7-13(8-10)11(14)5-6-12/h3-5,12-13H,6-9,11H2,1-2H3;9-10H,4-8H2,1-3H3;7-9,11,13H,3-6,10H2,1-2H3;10-11H,5-8H2,1-4H3;8-9H,3-7H2,1-2H3;9-10H,3-5,7-8H2,1-2H3/t;;;11-;9-;10-/m...111/s1. The third-order valence-corrected chi connectivity index (χ3v) is 22.1. The third-order valence-electron chi connectivity index (χ3n) is 21.2. The molecule has 23 heteroatoms. The third kappa shape index (κ3) is 32.0. The van der Waals surface area contributed by atoms with E-state index in [0.717, 1.165) is 152 Å². The quantitative estimate of drug-likeness (QED) is 0.140. The number of likely N-dealkylation sites (tertiary alicyclic amines) is 6. The summed E-state index contributed by atoms with van der Waals surface area (Å²) < 4.78 is 86.7. The number of carbonyl (C=O) groups is 3. The molecule has 0 aromatic carbocycles. The van der Waals surface area contributed by atoms with E-state index in [1.165, 1.54) is 55.0 Å². The number of piperidine rings is 6. The highest BCUT2D eigenvalue weighted by Crippen LogP contribution is 2.37. The molecule has 15 nitrogen and oxygen atoms in total. The molecule has 3 aromatic heterocycles. The predicted octanol–water partition coefficient (Wildman–Crippen LogP) is 17.4. The van der Waals surface area contributed by atoms with Crippen LogP contribution in [0.25, 0.3) is 0 Å². The molecular formula is C78H121F7N12O3S. The number of halogens is 7. The molecule has 3 amide bonds. The van der Waals surface area contributed by atoms with Crippen molar-refractivity contribution in [2.75, 3.05) is 78.5 Å². The van der Waals surface area contributed by atoms with Gasteiger partial charge in [-0.15, -0.1) is 11.3 Å². The lowest BCUT2D eigenvalue weighted by molar-refractivity contribution is -0.163. The number of amides is 3. The van der Waals surface area contributed by atoms with Gasteiger partial charge in [0.05, 0.1) is 29.7 Å². The fraction of sp³-hybridized carbons (Fsp3) is 0.756. The Morgan fingerprint density at radius 2 is 1.00 bits per heavy atom. The zero-order valence-electron chi connectivity index (χ0n) is 63.5. The highest BCUT2D eigenvalue weighted by molar-refractivity contribution is 7.09. The monoisotopic (exact) mass is 1440 g/mol. The smallest absolute Gasteiger partial charge is 0.342 e. The van der Waals surface area contributed by atoms with Crippen LogP contribution >= 0.6 is 11.3 Å². The molecule has 9 heterocycles. The van der Waals surface area contributed by atoms with Crippen molar-refractivity contribution in [2.24, 2.45) is 75.9 Å². The SMILES string of the molecule is CC(C)(C)C1CCN(Cc2csc(C(F)(F)F)n2)CC1.CC(C)C1CCN(Cc2cccc(C#N)n2)CC1.CC(C)C1CCN(Cc2cncc(F)c2)CC1.CC(C)[C@@H]1CCCN(C(=O)C(C)(C)C#N)C1.CC(C)[C@@H]1CCCN(C(=O)CC#N)C1.CC(C)[C@@H]1CCCN(C(=O)CC(F)(F)F)C1. The largest absolute Gasteiger partial charge is 0.443 e. The van der Waals surface area contributed by atoms with Crippen molar-refractivity contribution in [3.05, 3.63) is 75.5 Å². The first-order chi connectivity index (χ1) is 47.3. The van der Waals surface area contributed by atoms with Gasteiger partial charge in [0.25, 0.3) is 0 Å². The molecule has 566 valence electrons. The van der Waals surface area contributed by atoms with Gasteiger partial charge < -0.3 is 14.7 Å². The summed E-state index contributed by atoms with van der Waals surface area (Å²) in [7, 11) is 0. The summed E-state index contributed by atoms with van der Waals surface area (Å²) in [5.41, 5.74) is 2.49. The van der Waals surface area contributed by atoms with Gasteiger partial charge in [-0.05, 0) is 224 Å². The molecule has 101 heavy (non-hydrogen) atoms. The summed E-state index contributed by atoms with van der Waals surface area (Å²) in [5, 5.41) is 27.0. The minimum Gasteiger partial charge on any atom is -0.342 e. The second-order valence-corrected chi connectivity index (χ2v) is 33.0. The molecular weight excluding hydrogens is 1320 g/mol. The second-order valence-electron chi connectivity index (χ2n) is 32.1. The molecule has 6 saturated heterocycles. The van der Waals surface area contributed by atoms with Gasteiger partial charge in [0.15, 0.2) is 5.01 Å². The van der Waals surface area contributed by atoms with Gasteiger partial charge in [-0.25, -0.2) is 14.4 Å². The van der Waals surface area contributed by atoms with E-state index in [1.807, 2.05) is 41.8 Å². The second kappa shape index (κ2) is 42.2. The zero-order chi connectivity index (χ0) is 75.4. The van der Waals surface area contributed by atoms with Crippen LogP contribution in [0.2, 0.25) is 0 Å². The van der Waals surface area contributed by atoms with E-state index in [1.54, 1.807) is 32.2 Å². The van der Waals surface area contributed by atoms with Crippen LogP contribution in [-0.4, -0.2) is 147 Å². The molecule has 0 spiro atoms. The molecule has 3 aromatic rings. The fourth-order valence-electron chi connectivity index (χ4n) is 14.1. The van der Waals surface area contributed by atoms with E-state index in [-0.39, 0.29) is 24.1 Å². The van der Waals surface area contributed by atoms with Gasteiger partial charge in [0.2, 0.25) is 17.7 Å². The first-order valence-corrected chi connectivity index (χ1v) is 38.0. The first kappa shape index (κ1) is 87.6. The Morgan fingerprint density at radius 1 is 0.554 bits per heavy atom. The number of rotatable bonds is 14. The predicted molar refractivity (Wildman–Crippen MR) is 386 cm³/mol. The molecule has 0 N–H and O–H groups in total. The van der Waals surface area contributed by atoms with Crippen molar-refractivity contribution in [1.82, 2.24) is 44.4 Å². The molecule has 0 aliphatic carbocycles. The maximum Gasteiger partial charge on any atom is 0.443 e. The number of hydrogen-bond acceptors (Lipinski definition) is 13. The van der Waals surface area contributed by atoms with Gasteiger partial charge in [0, 0.05) is 70.5 Å². The molecule has 0 radical (unpaired) electrons. The van der Waals surface area contributed by atoms with E-state index in [2.05, 4.69) is 118 Å². The van der Waals surface area contributed by atoms with Crippen LogP contribution in [0.5, 0.6) is 0 Å². The van der Waals surface area contributed by atoms with Crippen LogP contribution in [0, 0.1) is 116 Å². The zero-order valence-corrected chi connectivity index (χ0v) is 64.4. The van der Waals surface area contributed by atoms with Gasteiger partial charge >= 0.3 is 12.4 Å². The highest BCUT2D eigenvalue weighted by atomic mass is 32.1. The number of thiazole rings is 1. The van der Waals surface area contributed by atoms with Gasteiger partial charge in [0.1, 0.15) is 35.8 Å². The van der Waals surface area contributed by atoms with Gasteiger partial charge in [-0.3, -0.25) is 34.1 Å². The summed E-state index contributed by atoms with van der Waals surface area (Å²) >= 11 is 0.687. The lowest BCUT2D eigenvalue weighted by Gasteiger charge is -2.38. The Balaban J connectivity index is 0.000000258. The van der Waals surface area contributed by atoms with Crippen molar-refractivity contribution in [2.45, 2.75) is 226 Å². The number of carbonyl (C=O) groups excluding carboxylic acids is 3. The van der Waals surface area contributed by atoms with Gasteiger partial charge in [-0.2, -0.15) is 42.1 Å². The van der Waals surface area contributed by atoms with E-state index >= 15 is 0 Å². The summed E-state index contributed by atoms with van der Waals surface area (Å²) in [6.07, 6.45) is 6.74. The molecule has 0 saturated carbocycles. The lowest BCUT2D eigenvalue weighted by atomic mass is 9.75. The van der Waals surface area contributed by atoms with Gasteiger partial charge in [-0.1, -0.05) is 96.1 Å². The molecule has 0 unspecified atom stereocenters. The van der Waals surface area contributed by atoms with Crippen LogP contribution in [0.15, 0.2) is 42.0 Å². The summed E-state index contributed by atoms with van der Waals surface area (Å²) in [6.45, 7) is 45.2. The first-order valence-electron chi connectivity index (χ1n) is 37.2. The van der Waals surface area contributed by atoms with E-state index in [4.69, 9.17) is 15.8 Å². The molecule has 6 aliphatic rings. The average Bonchev–Trinajstić information content (AvgIpc) is 1.84. The fourth-order valence-corrected chi connectivity index (χ4v) is 14.8. The van der Waals surface area contributed by atoms with E-state index in [9.17, 15) is 45.1 Å². The molecule has 9 rings (SSSR count).